The number of methoxy groups -OCH3 is 4. The number of hydrogen-bond donors (Lipinski definition) is 4. The van der Waals surface area contributed by atoms with E-state index in [1.807, 2.05) is 18.2 Å². The van der Waals surface area contributed by atoms with E-state index >= 15 is 0 Å². The van der Waals surface area contributed by atoms with E-state index in [-0.39, 0.29) is 43.7 Å². The van der Waals surface area contributed by atoms with Crippen LogP contribution in [0.25, 0.3) is 0 Å². The molecule has 8 aliphatic rings. The van der Waals surface area contributed by atoms with Gasteiger partial charge in [0.1, 0.15) is 24.4 Å². The van der Waals surface area contributed by atoms with Gasteiger partial charge in [0, 0.05) is 51.2 Å². The smallest absolute Gasteiger partial charge is 0.414 e. The number of anilines is 4. The highest BCUT2D eigenvalue weighted by Gasteiger charge is 2.38. The first-order valence-corrected chi connectivity index (χ1v) is 32.0. The zero-order valence-corrected chi connectivity index (χ0v) is 55.7. The Morgan fingerprint density at radius 3 is 0.863 bits per heavy atom. The molecule has 4 atom stereocenters. The van der Waals surface area contributed by atoms with Crippen LogP contribution in [0.2, 0.25) is 0 Å². The van der Waals surface area contributed by atoms with Crippen LogP contribution in [0.1, 0.15) is 13.8 Å². The van der Waals surface area contributed by atoms with Gasteiger partial charge in [-0.25, -0.2) is 19.2 Å². The molecule has 0 aliphatic carbocycles. The van der Waals surface area contributed by atoms with Gasteiger partial charge in [-0.2, -0.15) is 0 Å². The lowest BCUT2D eigenvalue weighted by molar-refractivity contribution is -0.120. The van der Waals surface area contributed by atoms with Crippen LogP contribution in [0.15, 0.2) is 146 Å². The Kier molecular flexibility index (Phi) is 19.6. The molecule has 8 aliphatic heterocycles. The van der Waals surface area contributed by atoms with Gasteiger partial charge in [-0.05, 0) is 97.1 Å². The number of ether oxygens (including phenoxy) is 16. The molecule has 30 nitrogen and oxygen atoms in total. The molecule has 30 heteroatoms. The standard InChI is InChI=1S/2C19H18N2O6.2C17H16N2O5/c1-11(22)20-9-13-10-21(19(23)25-13)12-6-7-14-17(8-12)26-16-5-3-4-15(24-2)18(16)27-14;1-11(22)20-9-13-10-21(19(23)25-13)12-6-7-14-17(8-12)27-18-15(24-2)4-3-5-16(18)26-14;1-21-13-3-2-4-14-16(13)24-12-6-5-10(7-15(12)23-14)19-9-11(8-18)22-17(19)20;1-21-13-3-2-4-14-16(13)24-15-7-10(5-6-12(15)23-14)19-9-11(8-18)22-17(19)20/h2*3-8,13H,9-10H2,1-2H3,(H,20,22);2*2-7,11H,8-9,18H2,1H3/t2*13-;2*11-/m0000/s1. The lowest BCUT2D eigenvalue weighted by Gasteiger charge is -2.23. The molecule has 16 rings (SSSR count). The summed E-state index contributed by atoms with van der Waals surface area (Å²) in [7, 11) is 6.26. The Morgan fingerprint density at radius 1 is 0.353 bits per heavy atom. The topological polar surface area (TPSA) is 339 Å². The van der Waals surface area contributed by atoms with Gasteiger partial charge in [0.15, 0.2) is 92.0 Å². The molecule has 6 N–H and O–H groups in total. The average Bonchev–Trinajstić information content (AvgIpc) is 1.03. The molecule has 0 bridgehead atoms. The molecule has 0 saturated carbocycles. The molecule has 8 aromatic rings. The number of benzene rings is 8. The van der Waals surface area contributed by atoms with Crippen molar-refractivity contribution in [3.63, 3.8) is 0 Å². The maximum atomic E-state index is 12.2. The normalized spacial score (nSPS) is 17.6. The predicted octanol–water partition coefficient (Wildman–Crippen LogP) is 11.9. The number of carbonyl (C=O) groups excluding carboxylic acids is 6. The lowest BCUT2D eigenvalue weighted by Crippen LogP contribution is -2.33. The fourth-order valence-electron chi connectivity index (χ4n) is 11.5. The summed E-state index contributed by atoms with van der Waals surface area (Å²) in [6, 6.07) is 42.6. The summed E-state index contributed by atoms with van der Waals surface area (Å²) in [5.74, 6) is 10.4. The van der Waals surface area contributed by atoms with E-state index in [0.717, 1.165) is 0 Å². The van der Waals surface area contributed by atoms with Crippen LogP contribution >= 0.6 is 0 Å². The molecule has 528 valence electrons. The van der Waals surface area contributed by atoms with Crippen molar-refractivity contribution in [1.82, 2.24) is 10.6 Å². The van der Waals surface area contributed by atoms with Crippen molar-refractivity contribution in [2.45, 2.75) is 38.3 Å². The van der Waals surface area contributed by atoms with Crippen molar-refractivity contribution in [3.8, 4) is 115 Å². The Morgan fingerprint density at radius 2 is 0.598 bits per heavy atom. The summed E-state index contributed by atoms with van der Waals surface area (Å²) in [6.45, 7) is 5.46. The second-order valence-corrected chi connectivity index (χ2v) is 23.3. The number of hydrogen-bond acceptors (Lipinski definition) is 24. The second kappa shape index (κ2) is 29.4. The van der Waals surface area contributed by atoms with E-state index in [4.69, 9.17) is 87.3 Å². The number of nitrogens with one attached hydrogen (secondary N) is 2. The monoisotopic (exact) mass is 1400 g/mol. The summed E-state index contributed by atoms with van der Waals surface area (Å²) < 4.78 is 89.3. The minimum Gasteiger partial charge on any atom is -0.493 e. The van der Waals surface area contributed by atoms with Gasteiger partial charge in [-0.3, -0.25) is 29.2 Å². The molecule has 4 saturated heterocycles. The fourth-order valence-corrected chi connectivity index (χ4v) is 11.5. The number of nitrogens with two attached hydrogens (primary N) is 2. The second-order valence-electron chi connectivity index (χ2n) is 23.3. The first-order chi connectivity index (χ1) is 49.5. The number of carbonyl (C=O) groups is 6. The Hall–Kier alpha value is -12.7. The van der Waals surface area contributed by atoms with Gasteiger partial charge in [-0.1, -0.05) is 24.3 Å². The molecule has 0 unspecified atom stereocenters. The lowest BCUT2D eigenvalue weighted by atomic mass is 10.2. The third-order valence-electron chi connectivity index (χ3n) is 16.5. The molecule has 4 fully saturated rings. The number of cyclic esters (lactones) is 4. The van der Waals surface area contributed by atoms with E-state index in [0.29, 0.717) is 170 Å². The number of para-hydroxylation sites is 4. The Balaban J connectivity index is 0.000000122. The SMILES string of the molecule is COc1cccc2c1Oc1cc(N3C[C@H](CN)OC3=O)ccc1O2.COc1cccc2c1Oc1cc(N3C[C@H](CNC(C)=O)OC3=O)ccc1O2.COc1cccc2c1Oc1ccc(N3C[C@H](CN)OC3=O)cc1O2.COc1cccc2c1Oc1ccc(N3C[C@H](CNC(C)=O)OC3=O)cc1O2. The van der Waals surface area contributed by atoms with E-state index in [1.165, 1.54) is 33.4 Å². The van der Waals surface area contributed by atoms with Crippen LogP contribution in [0.5, 0.6) is 115 Å². The molecule has 6 amide bonds. The highest BCUT2D eigenvalue weighted by atomic mass is 16.6. The summed E-state index contributed by atoms with van der Waals surface area (Å²) >= 11 is 0. The maximum Gasteiger partial charge on any atom is 0.414 e. The van der Waals surface area contributed by atoms with Crippen molar-refractivity contribution in [1.29, 1.82) is 0 Å². The average molecular weight is 1400 g/mol. The molecule has 0 aromatic heterocycles. The number of fused-ring (bicyclic) bond motifs is 8. The van der Waals surface area contributed by atoms with Crippen LogP contribution < -0.4 is 98.5 Å². The summed E-state index contributed by atoms with van der Waals surface area (Å²) in [6.07, 6.45) is -3.18. The summed E-state index contributed by atoms with van der Waals surface area (Å²) in [4.78, 5) is 76.4. The molecule has 102 heavy (non-hydrogen) atoms. The molecular weight excluding hydrogens is 1330 g/mol. The third-order valence-corrected chi connectivity index (χ3v) is 16.5. The van der Waals surface area contributed by atoms with E-state index in [9.17, 15) is 28.8 Å². The van der Waals surface area contributed by atoms with Crippen molar-refractivity contribution in [3.05, 3.63) is 146 Å². The van der Waals surface area contributed by atoms with Gasteiger partial charge in [0.25, 0.3) is 0 Å². The van der Waals surface area contributed by atoms with Crippen molar-refractivity contribution in [2.24, 2.45) is 11.5 Å². The summed E-state index contributed by atoms with van der Waals surface area (Å²) in [5.41, 5.74) is 13.7. The van der Waals surface area contributed by atoms with Gasteiger partial charge in [0.2, 0.25) is 34.8 Å². The predicted molar refractivity (Wildman–Crippen MR) is 364 cm³/mol. The first kappa shape index (κ1) is 67.9. The van der Waals surface area contributed by atoms with Crippen molar-refractivity contribution >= 4 is 58.9 Å². The quantitative estimate of drug-likeness (QED) is 0.0735. The molecule has 0 spiro atoms. The van der Waals surface area contributed by atoms with Crippen LogP contribution in [0.4, 0.5) is 41.9 Å². The minimum absolute atomic E-state index is 0.169. The van der Waals surface area contributed by atoms with Crippen LogP contribution in [0.3, 0.4) is 0 Å². The van der Waals surface area contributed by atoms with Gasteiger partial charge in [0.05, 0.1) is 90.5 Å². The molecule has 8 heterocycles. The molecule has 0 radical (unpaired) electrons. The fraction of sp³-hybridized carbons (Fsp3) is 0.250. The highest BCUT2D eigenvalue weighted by molar-refractivity contribution is 5.93. The minimum atomic E-state index is -0.472. The largest absolute Gasteiger partial charge is 0.493 e. The highest BCUT2D eigenvalue weighted by Crippen LogP contribution is 2.55. The van der Waals surface area contributed by atoms with E-state index < -0.39 is 36.6 Å². The Bertz CT molecular complexity index is 4580. The zero-order valence-electron chi connectivity index (χ0n) is 55.7. The van der Waals surface area contributed by atoms with Crippen molar-refractivity contribution < 1.29 is 105 Å². The number of rotatable bonds is 14. The number of amides is 6. The van der Waals surface area contributed by atoms with E-state index in [1.54, 1.807) is 156 Å². The van der Waals surface area contributed by atoms with Crippen LogP contribution in [0, 0.1) is 0 Å². The van der Waals surface area contributed by atoms with Gasteiger partial charge in [-0.15, -0.1) is 0 Å². The van der Waals surface area contributed by atoms with E-state index in [2.05, 4.69) is 10.6 Å². The maximum absolute atomic E-state index is 12.2. The van der Waals surface area contributed by atoms with Crippen molar-refractivity contribution in [2.75, 3.05) is 100 Å². The van der Waals surface area contributed by atoms with Crippen LogP contribution in [-0.4, -0.2) is 141 Å². The zero-order chi connectivity index (χ0) is 71.3. The van der Waals surface area contributed by atoms with Gasteiger partial charge < -0.3 is 97.9 Å². The van der Waals surface area contributed by atoms with Gasteiger partial charge >= 0.3 is 24.4 Å². The molecule has 8 aromatic carbocycles. The molecular formula is C72H68N8O22. The summed E-state index contributed by atoms with van der Waals surface area (Å²) in [5, 5.41) is 5.30. The first-order valence-electron chi connectivity index (χ1n) is 32.0. The number of nitrogens with zero attached hydrogens (tertiary/aromatic N) is 4. The Labute approximate surface area is 582 Å². The third kappa shape index (κ3) is 14.3. The van der Waals surface area contributed by atoms with Crippen LogP contribution in [-0.2, 0) is 28.5 Å².